The third-order valence-corrected chi connectivity index (χ3v) is 22.2. The molecule has 0 aromatic rings. The Morgan fingerprint density at radius 2 is 0.431 bits per heavy atom. The Morgan fingerprint density at radius 3 is 0.683 bits per heavy atom. The monoisotopic (exact) mass is 1760 g/mol. The number of aliphatic hydroxyl groups excluding tert-OH is 2. The first-order valence-electron chi connectivity index (χ1n) is 48.7. The second-order valence-electron chi connectivity index (χ2n) is 32.1. The molecule has 0 aromatic carbocycles. The highest BCUT2D eigenvalue weighted by atomic mass is 31.2. The van der Waals surface area contributed by atoms with E-state index in [1.807, 2.05) is 0 Å². The number of allylic oxidation sites excluding steroid dienone is 32. The number of aliphatic hydroxyl groups is 2. The van der Waals surface area contributed by atoms with E-state index in [-0.39, 0.29) is 19.3 Å². The van der Waals surface area contributed by atoms with E-state index in [9.17, 15) is 43.5 Å². The summed E-state index contributed by atoms with van der Waals surface area (Å²) in [5.74, 6) is -1.58. The number of carbonyl (C=O) groups excluding carboxylic acids is 3. The van der Waals surface area contributed by atoms with Gasteiger partial charge in [0.05, 0.1) is 26.4 Å². The number of hydrogen-bond acceptors (Lipinski definition) is 14. The van der Waals surface area contributed by atoms with Crippen molar-refractivity contribution < 1.29 is 75.8 Å². The van der Waals surface area contributed by atoms with Crippen LogP contribution in [0.2, 0.25) is 0 Å². The van der Waals surface area contributed by atoms with Gasteiger partial charge in [-0.15, -0.1) is 0 Å². The van der Waals surface area contributed by atoms with Crippen molar-refractivity contribution in [2.75, 3.05) is 39.6 Å². The molecular formula is C105H176O16P2. The predicted molar refractivity (Wildman–Crippen MR) is 518 cm³/mol. The Kier molecular flexibility index (Phi) is 91.1. The molecule has 702 valence electrons. The third-order valence-electron chi connectivity index (χ3n) is 20.3. The molecular weight excluding hydrogens is 1580 g/mol. The van der Waals surface area contributed by atoms with Crippen LogP contribution >= 0.6 is 15.6 Å². The zero-order valence-electron chi connectivity index (χ0n) is 77.5. The minimum Gasteiger partial charge on any atom is -0.463 e. The first-order chi connectivity index (χ1) is 60.2. The van der Waals surface area contributed by atoms with Crippen LogP contribution in [-0.2, 0) is 55.8 Å². The van der Waals surface area contributed by atoms with E-state index in [1.54, 1.807) is 0 Å². The van der Waals surface area contributed by atoms with E-state index < -0.39 is 91.5 Å². The van der Waals surface area contributed by atoms with Crippen molar-refractivity contribution in [2.45, 2.75) is 411 Å². The molecule has 5 unspecified atom stereocenters. The van der Waals surface area contributed by atoms with E-state index in [1.165, 1.54) is 141 Å². The van der Waals surface area contributed by atoms with Gasteiger partial charge < -0.3 is 34.2 Å². The highest BCUT2D eigenvalue weighted by Crippen LogP contribution is 2.45. The summed E-state index contributed by atoms with van der Waals surface area (Å²) in [6.07, 6.45) is 128. The van der Waals surface area contributed by atoms with Crippen molar-refractivity contribution >= 4 is 33.6 Å². The van der Waals surface area contributed by atoms with Gasteiger partial charge in [0.1, 0.15) is 25.4 Å². The van der Waals surface area contributed by atoms with Crippen molar-refractivity contribution in [1.29, 1.82) is 0 Å². The molecule has 0 aliphatic heterocycles. The molecule has 0 bridgehead atoms. The Labute approximate surface area is 750 Å². The molecule has 0 aliphatic carbocycles. The summed E-state index contributed by atoms with van der Waals surface area (Å²) in [5.41, 5.74) is 0. The number of esters is 3. The molecule has 16 nitrogen and oxygen atoms in total. The van der Waals surface area contributed by atoms with Crippen LogP contribution in [0.4, 0.5) is 0 Å². The van der Waals surface area contributed by atoms with Crippen LogP contribution in [-0.4, -0.2) is 95.9 Å². The lowest BCUT2D eigenvalue weighted by molar-refractivity contribution is -0.161. The van der Waals surface area contributed by atoms with Crippen LogP contribution in [0.25, 0.3) is 0 Å². The molecule has 0 spiro atoms. The fourth-order valence-electron chi connectivity index (χ4n) is 13.0. The number of phosphoric acid groups is 2. The number of carbonyl (C=O) groups is 3. The molecule has 0 aliphatic rings. The fourth-order valence-corrected chi connectivity index (χ4v) is 14.6. The average molecular weight is 1760 g/mol. The van der Waals surface area contributed by atoms with E-state index >= 15 is 0 Å². The maximum Gasteiger partial charge on any atom is 0.472 e. The zero-order valence-corrected chi connectivity index (χ0v) is 79.3. The van der Waals surface area contributed by atoms with Gasteiger partial charge in [-0.3, -0.25) is 32.5 Å². The minimum atomic E-state index is -4.95. The van der Waals surface area contributed by atoms with Crippen LogP contribution in [0, 0.1) is 0 Å². The number of hydrogen-bond donors (Lipinski definition) is 4. The molecule has 0 rings (SSSR count). The number of rotatable bonds is 91. The highest BCUT2D eigenvalue weighted by Gasteiger charge is 2.30. The second-order valence-corrected chi connectivity index (χ2v) is 35.0. The maximum atomic E-state index is 13.1. The van der Waals surface area contributed by atoms with Gasteiger partial charge in [0, 0.05) is 19.3 Å². The summed E-state index contributed by atoms with van der Waals surface area (Å²) in [4.78, 5) is 59.1. The molecule has 0 fully saturated rings. The van der Waals surface area contributed by atoms with Gasteiger partial charge >= 0.3 is 33.6 Å². The van der Waals surface area contributed by atoms with Crippen LogP contribution < -0.4 is 0 Å². The topological polar surface area (TPSA) is 231 Å². The molecule has 4 N–H and O–H groups in total. The third kappa shape index (κ3) is 96.9. The van der Waals surface area contributed by atoms with E-state index in [2.05, 4.69) is 215 Å². The molecule has 123 heavy (non-hydrogen) atoms. The normalized spacial score (nSPS) is 14.6. The van der Waals surface area contributed by atoms with E-state index in [4.69, 9.17) is 32.3 Å². The molecule has 0 heterocycles. The highest BCUT2D eigenvalue weighted by molar-refractivity contribution is 7.47. The number of phosphoric ester groups is 2. The molecule has 0 saturated carbocycles. The van der Waals surface area contributed by atoms with Gasteiger partial charge in [-0.05, 0) is 167 Å². The SMILES string of the molecule is CC/C=C\C/C=C\C/C=C\C/C=C\C/C=C\C/C=C\CCCCCCCCCCCCCCCCC(=O)OCC(O)COP(=O)(O)OCC(O)COP(=O)(O)OCC(COC(=O)CCCCCCCCCC/C=C\C/C=C\C/C=C\C/C=C\C/C=C\C/C=C\CC)OC(=O)CCCCCCCCCCCCC/C=C\C/C=C\C/C=C\C/C=C\CCCCC. The van der Waals surface area contributed by atoms with Gasteiger partial charge in [0.2, 0.25) is 0 Å². The van der Waals surface area contributed by atoms with Gasteiger partial charge in [-0.1, -0.05) is 401 Å². The fraction of sp³-hybridized carbons (Fsp3) is 0.667. The molecule has 0 saturated heterocycles. The van der Waals surface area contributed by atoms with E-state index in [0.29, 0.717) is 19.3 Å². The van der Waals surface area contributed by atoms with Gasteiger partial charge in [0.25, 0.3) is 0 Å². The quantitative estimate of drug-likeness (QED) is 0.0146. The number of unbranched alkanes of at least 4 members (excludes halogenated alkanes) is 36. The number of ether oxygens (including phenoxy) is 3. The largest absolute Gasteiger partial charge is 0.472 e. The van der Waals surface area contributed by atoms with Crippen molar-refractivity contribution in [3.63, 3.8) is 0 Å². The van der Waals surface area contributed by atoms with E-state index in [0.717, 1.165) is 193 Å². The Morgan fingerprint density at radius 1 is 0.236 bits per heavy atom. The summed E-state index contributed by atoms with van der Waals surface area (Å²) in [6.45, 7) is 2.46. The van der Waals surface area contributed by atoms with Crippen LogP contribution in [0.1, 0.15) is 393 Å². The summed E-state index contributed by atoms with van der Waals surface area (Å²) in [6, 6.07) is 0. The average Bonchev–Trinajstić information content (AvgIpc) is 0.892. The Hall–Kier alpha value is -5.61. The van der Waals surface area contributed by atoms with Gasteiger partial charge in [0.15, 0.2) is 6.10 Å². The van der Waals surface area contributed by atoms with Crippen molar-refractivity contribution in [3.05, 3.63) is 194 Å². The zero-order chi connectivity index (χ0) is 89.3. The molecule has 0 aromatic heterocycles. The molecule has 18 heteroatoms. The van der Waals surface area contributed by atoms with Crippen LogP contribution in [0.15, 0.2) is 194 Å². The molecule has 5 atom stereocenters. The second kappa shape index (κ2) is 95.5. The summed E-state index contributed by atoms with van der Waals surface area (Å²) in [7, 11) is -9.82. The van der Waals surface area contributed by atoms with Crippen molar-refractivity contribution in [3.8, 4) is 0 Å². The Balaban J connectivity index is 4.64. The standard InChI is InChI=1S/C105H176O16P2/c1-4-7-10-13-16-19-22-25-28-31-34-37-40-43-46-47-48-49-50-51-54-56-58-61-64-67-70-73-76-79-82-85-88-91-103(108)115-94-100(106)95-117-122(111,112)118-96-101(107)97-119-123(113,114)120-99-102(121-105(110)93-90-87-84-81-78-75-72-69-66-63-60-57-53-45-42-39-36-33-30-27-24-21-18-15-12-9-6-3)98-116-104(109)92-89-86-83-80-77-74-71-68-65-62-59-55-52-44-41-38-35-32-29-26-23-20-17-14-11-8-5-2/h7-8,10-11,16-21,25-30,34-39,43-46,48-49,52-53,59,62,100-102,106-107H,4-6,9,12-15,22-24,31-33,40-42,47,50-51,54-58,60-61,63-99H2,1-3H3,(H,111,112)(H,113,114)/b10-7-,11-8-,19-16-,20-17-,21-18-,28-25-,29-26-,30-27-,37-34-,38-35-,39-36-,46-43-,49-48-,52-44-,53-45-,62-59-. The van der Waals surface area contributed by atoms with Crippen LogP contribution in [0.3, 0.4) is 0 Å². The predicted octanol–water partition coefficient (Wildman–Crippen LogP) is 30.6. The first-order valence-corrected chi connectivity index (χ1v) is 51.7. The van der Waals surface area contributed by atoms with Crippen LogP contribution in [0.5, 0.6) is 0 Å². The van der Waals surface area contributed by atoms with Gasteiger partial charge in [-0.2, -0.15) is 0 Å². The molecule has 0 amide bonds. The van der Waals surface area contributed by atoms with Gasteiger partial charge in [-0.25, -0.2) is 9.13 Å². The summed E-state index contributed by atoms with van der Waals surface area (Å²) < 4.78 is 61.6. The smallest absolute Gasteiger partial charge is 0.463 e. The maximum absolute atomic E-state index is 13.1. The lowest BCUT2D eigenvalue weighted by Gasteiger charge is -2.21. The Bertz CT molecular complexity index is 3020. The summed E-state index contributed by atoms with van der Waals surface area (Å²) in [5, 5.41) is 20.8. The first kappa shape index (κ1) is 117. The lowest BCUT2D eigenvalue weighted by atomic mass is 10.0. The molecule has 0 radical (unpaired) electrons. The minimum absolute atomic E-state index is 0.0931. The van der Waals surface area contributed by atoms with Crippen molar-refractivity contribution in [2.24, 2.45) is 0 Å². The van der Waals surface area contributed by atoms with Crippen molar-refractivity contribution in [1.82, 2.24) is 0 Å². The summed E-state index contributed by atoms with van der Waals surface area (Å²) >= 11 is 0. The lowest BCUT2D eigenvalue weighted by Crippen LogP contribution is -2.30.